The molecule has 1 aromatic carbocycles. The molecule has 1 aromatic rings. The fraction of sp³-hybridized carbons (Fsp3) is 0.364. The van der Waals surface area contributed by atoms with E-state index in [1.165, 1.54) is 5.56 Å². The molecule has 0 spiro atoms. The van der Waals surface area contributed by atoms with Crippen molar-refractivity contribution in [1.29, 1.82) is 0 Å². The summed E-state index contributed by atoms with van der Waals surface area (Å²) in [5.74, 6) is 4.78. The van der Waals surface area contributed by atoms with E-state index in [1.54, 1.807) is 0 Å². The van der Waals surface area contributed by atoms with Gasteiger partial charge in [-0.05, 0) is 24.5 Å². The quantitative estimate of drug-likeness (QED) is 0.391. The maximum atomic E-state index is 11.0. The molecule has 0 fully saturated rings. The lowest BCUT2D eigenvalue weighted by Gasteiger charge is -2.13. The van der Waals surface area contributed by atoms with Gasteiger partial charge in [0.05, 0.1) is 6.54 Å². The molecular weight excluding hydrogens is 190 g/mol. The molecular formula is C11H17N3O. The lowest BCUT2D eigenvalue weighted by atomic mass is 10.1. The molecule has 4 nitrogen and oxygen atoms in total. The number of aryl methyl sites for hydroxylation is 2. The molecule has 0 radical (unpaired) electrons. The van der Waals surface area contributed by atoms with Crippen LogP contribution in [-0.4, -0.2) is 12.5 Å². The zero-order chi connectivity index (χ0) is 11.3. The van der Waals surface area contributed by atoms with E-state index in [2.05, 4.69) is 23.7 Å². The smallest absolute Gasteiger partial charge is 0.253 e. The van der Waals surface area contributed by atoms with Gasteiger partial charge in [0.15, 0.2) is 0 Å². The summed E-state index contributed by atoms with van der Waals surface area (Å²) in [6.45, 7) is 4.30. The molecule has 0 aliphatic carbocycles. The van der Waals surface area contributed by atoms with Crippen molar-refractivity contribution in [1.82, 2.24) is 5.43 Å². The van der Waals surface area contributed by atoms with E-state index in [9.17, 15) is 4.79 Å². The third-order valence-corrected chi connectivity index (χ3v) is 2.33. The van der Waals surface area contributed by atoms with Crippen molar-refractivity contribution >= 4 is 11.6 Å². The maximum absolute atomic E-state index is 11.0. The first-order chi connectivity index (χ1) is 7.19. The first-order valence-electron chi connectivity index (χ1n) is 5.00. The topological polar surface area (TPSA) is 67.2 Å². The van der Waals surface area contributed by atoms with E-state index in [0.717, 1.165) is 17.7 Å². The molecule has 4 heteroatoms. The molecule has 1 rings (SSSR count). The first kappa shape index (κ1) is 11.5. The van der Waals surface area contributed by atoms with Crippen LogP contribution in [-0.2, 0) is 11.2 Å². The van der Waals surface area contributed by atoms with Crippen molar-refractivity contribution in [2.45, 2.75) is 20.3 Å². The SMILES string of the molecule is CCc1cccc(C)c1NCC(=O)NN. The molecule has 0 aliphatic rings. The summed E-state index contributed by atoms with van der Waals surface area (Å²) in [6.07, 6.45) is 0.939. The molecule has 4 N–H and O–H groups in total. The van der Waals surface area contributed by atoms with Crippen LogP contribution in [0.2, 0.25) is 0 Å². The number of hydrazine groups is 1. The Morgan fingerprint density at radius 2 is 2.20 bits per heavy atom. The van der Waals surface area contributed by atoms with Gasteiger partial charge in [0, 0.05) is 5.69 Å². The number of benzene rings is 1. The number of para-hydroxylation sites is 1. The van der Waals surface area contributed by atoms with Crippen molar-refractivity contribution < 1.29 is 4.79 Å². The van der Waals surface area contributed by atoms with Crippen molar-refractivity contribution in [3.8, 4) is 0 Å². The Morgan fingerprint density at radius 1 is 1.47 bits per heavy atom. The summed E-state index contributed by atoms with van der Waals surface area (Å²) in [5, 5.41) is 3.09. The largest absolute Gasteiger partial charge is 0.376 e. The van der Waals surface area contributed by atoms with Crippen molar-refractivity contribution in [2.75, 3.05) is 11.9 Å². The van der Waals surface area contributed by atoms with Crippen LogP contribution < -0.4 is 16.6 Å². The highest BCUT2D eigenvalue weighted by molar-refractivity contribution is 5.80. The molecule has 82 valence electrons. The molecule has 0 saturated carbocycles. The summed E-state index contributed by atoms with van der Waals surface area (Å²) in [6, 6.07) is 6.08. The molecule has 0 heterocycles. The minimum Gasteiger partial charge on any atom is -0.376 e. The van der Waals surface area contributed by atoms with Gasteiger partial charge in [-0.15, -0.1) is 0 Å². The molecule has 0 saturated heterocycles. The monoisotopic (exact) mass is 207 g/mol. The van der Waals surface area contributed by atoms with E-state index >= 15 is 0 Å². The molecule has 0 bridgehead atoms. The second-order valence-electron chi connectivity index (χ2n) is 3.38. The second-order valence-corrected chi connectivity index (χ2v) is 3.38. The Labute approximate surface area is 89.8 Å². The molecule has 15 heavy (non-hydrogen) atoms. The molecule has 0 atom stereocenters. The standard InChI is InChI=1S/C11H17N3O/c1-3-9-6-4-5-8(2)11(9)13-7-10(15)14-12/h4-6,13H,3,7,12H2,1-2H3,(H,14,15). The lowest BCUT2D eigenvalue weighted by molar-refractivity contribution is -0.119. The summed E-state index contributed by atoms with van der Waals surface area (Å²) < 4.78 is 0. The minimum atomic E-state index is -0.222. The van der Waals surface area contributed by atoms with Crippen molar-refractivity contribution in [3.63, 3.8) is 0 Å². The number of carbonyl (C=O) groups is 1. The summed E-state index contributed by atoms with van der Waals surface area (Å²) in [7, 11) is 0. The highest BCUT2D eigenvalue weighted by Gasteiger charge is 2.05. The van der Waals surface area contributed by atoms with Crippen molar-refractivity contribution in [2.24, 2.45) is 5.84 Å². The molecule has 1 amide bonds. The Hall–Kier alpha value is -1.55. The minimum absolute atomic E-state index is 0.203. The van der Waals surface area contributed by atoms with Crippen molar-refractivity contribution in [3.05, 3.63) is 29.3 Å². The van der Waals surface area contributed by atoms with Gasteiger partial charge in [0.2, 0.25) is 0 Å². The normalized spacial score (nSPS) is 9.80. The van der Waals surface area contributed by atoms with Crippen LogP contribution in [0.1, 0.15) is 18.1 Å². The number of hydrogen-bond acceptors (Lipinski definition) is 3. The van der Waals surface area contributed by atoms with Crippen LogP contribution >= 0.6 is 0 Å². The predicted octanol–water partition coefficient (Wildman–Crippen LogP) is 0.959. The summed E-state index contributed by atoms with van der Waals surface area (Å²) in [4.78, 5) is 11.0. The number of carbonyl (C=O) groups excluding carboxylic acids is 1. The van der Waals surface area contributed by atoms with Crippen LogP contribution in [0.15, 0.2) is 18.2 Å². The van der Waals surface area contributed by atoms with E-state index < -0.39 is 0 Å². The van der Waals surface area contributed by atoms with Gasteiger partial charge in [-0.3, -0.25) is 10.2 Å². The van der Waals surface area contributed by atoms with Crippen LogP contribution in [0.4, 0.5) is 5.69 Å². The van der Waals surface area contributed by atoms with Gasteiger partial charge >= 0.3 is 0 Å². The summed E-state index contributed by atoms with van der Waals surface area (Å²) in [5.41, 5.74) is 5.47. The van der Waals surface area contributed by atoms with Crippen LogP contribution in [0.25, 0.3) is 0 Å². The fourth-order valence-electron chi connectivity index (χ4n) is 1.50. The van der Waals surface area contributed by atoms with Gasteiger partial charge in [-0.1, -0.05) is 25.1 Å². The van der Waals surface area contributed by atoms with Crippen LogP contribution in [0.5, 0.6) is 0 Å². The Kier molecular flexibility index (Phi) is 4.12. The molecule has 0 aliphatic heterocycles. The Morgan fingerprint density at radius 3 is 2.80 bits per heavy atom. The lowest BCUT2D eigenvalue weighted by Crippen LogP contribution is -2.35. The predicted molar refractivity (Wildman–Crippen MR) is 61.4 cm³/mol. The van der Waals surface area contributed by atoms with E-state index in [4.69, 9.17) is 5.84 Å². The van der Waals surface area contributed by atoms with E-state index in [1.807, 2.05) is 19.1 Å². The van der Waals surface area contributed by atoms with Gasteiger partial charge in [-0.25, -0.2) is 5.84 Å². The number of anilines is 1. The van der Waals surface area contributed by atoms with E-state index in [0.29, 0.717) is 0 Å². The Bertz CT molecular complexity index is 350. The average molecular weight is 207 g/mol. The highest BCUT2D eigenvalue weighted by Crippen LogP contribution is 2.20. The van der Waals surface area contributed by atoms with Crippen LogP contribution in [0.3, 0.4) is 0 Å². The molecule has 0 unspecified atom stereocenters. The zero-order valence-corrected chi connectivity index (χ0v) is 9.13. The Balaban J connectivity index is 2.78. The van der Waals surface area contributed by atoms with Gasteiger partial charge in [-0.2, -0.15) is 0 Å². The number of nitrogens with two attached hydrogens (primary N) is 1. The average Bonchev–Trinajstić information content (AvgIpc) is 2.26. The molecule has 0 aromatic heterocycles. The van der Waals surface area contributed by atoms with E-state index in [-0.39, 0.29) is 12.5 Å². The third kappa shape index (κ3) is 2.95. The number of nitrogens with one attached hydrogen (secondary N) is 2. The van der Waals surface area contributed by atoms with Gasteiger partial charge < -0.3 is 5.32 Å². The zero-order valence-electron chi connectivity index (χ0n) is 9.13. The van der Waals surface area contributed by atoms with Gasteiger partial charge in [0.25, 0.3) is 5.91 Å². The number of hydrogen-bond donors (Lipinski definition) is 3. The maximum Gasteiger partial charge on any atom is 0.253 e. The summed E-state index contributed by atoms with van der Waals surface area (Å²) >= 11 is 0. The third-order valence-electron chi connectivity index (χ3n) is 2.33. The number of amides is 1. The van der Waals surface area contributed by atoms with Crippen LogP contribution in [0, 0.1) is 6.92 Å². The highest BCUT2D eigenvalue weighted by atomic mass is 16.2. The first-order valence-corrected chi connectivity index (χ1v) is 5.00. The second kappa shape index (κ2) is 5.36. The van der Waals surface area contributed by atoms with Gasteiger partial charge in [0.1, 0.15) is 0 Å². The number of rotatable bonds is 4. The fourth-order valence-corrected chi connectivity index (χ4v) is 1.50.